The van der Waals surface area contributed by atoms with E-state index in [-0.39, 0.29) is 18.2 Å². The van der Waals surface area contributed by atoms with Crippen LogP contribution in [0, 0.1) is 0 Å². The first-order valence-corrected chi connectivity index (χ1v) is 6.95. The number of carbonyl (C=O) groups excluding carboxylic acids is 3. The number of anilines is 1. The number of benzene rings is 1. The SMILES string of the molecule is CC1(C)Nc2ccccc2C(=O)N1C1CCC(=O)NC1=O. The Morgan fingerprint density at radius 1 is 1.19 bits per heavy atom. The van der Waals surface area contributed by atoms with Crippen molar-refractivity contribution in [1.82, 2.24) is 10.2 Å². The zero-order valence-corrected chi connectivity index (χ0v) is 12.0. The molecular formula is C15H17N3O3. The molecule has 3 amide bonds. The molecule has 0 radical (unpaired) electrons. The average Bonchev–Trinajstić information content (AvgIpc) is 2.40. The minimum atomic E-state index is -0.701. The van der Waals surface area contributed by atoms with E-state index >= 15 is 0 Å². The van der Waals surface area contributed by atoms with Crippen LogP contribution in [0.4, 0.5) is 5.69 Å². The molecule has 2 N–H and O–H groups in total. The molecule has 1 saturated heterocycles. The Hall–Kier alpha value is -2.37. The van der Waals surface area contributed by atoms with Gasteiger partial charge >= 0.3 is 0 Å². The molecule has 0 aromatic heterocycles. The summed E-state index contributed by atoms with van der Waals surface area (Å²) in [5.41, 5.74) is 0.603. The third-order valence-corrected chi connectivity index (χ3v) is 3.94. The monoisotopic (exact) mass is 287 g/mol. The van der Waals surface area contributed by atoms with Crippen molar-refractivity contribution in [2.45, 2.75) is 38.4 Å². The molecule has 1 unspecified atom stereocenters. The number of piperidine rings is 1. The zero-order chi connectivity index (χ0) is 15.2. The molecule has 0 spiro atoms. The maximum absolute atomic E-state index is 12.8. The van der Waals surface area contributed by atoms with Gasteiger partial charge in [-0.1, -0.05) is 12.1 Å². The predicted molar refractivity (Wildman–Crippen MR) is 76.5 cm³/mol. The number of rotatable bonds is 1. The second-order valence-corrected chi connectivity index (χ2v) is 5.87. The first kappa shape index (κ1) is 13.6. The highest BCUT2D eigenvalue weighted by atomic mass is 16.2. The van der Waals surface area contributed by atoms with Crippen molar-refractivity contribution >= 4 is 23.4 Å². The number of para-hydroxylation sites is 1. The zero-order valence-electron chi connectivity index (χ0n) is 12.0. The summed E-state index contributed by atoms with van der Waals surface area (Å²) in [6.45, 7) is 3.70. The molecule has 2 aliphatic rings. The van der Waals surface area contributed by atoms with Gasteiger partial charge in [0.25, 0.3) is 5.91 Å². The van der Waals surface area contributed by atoms with Crippen LogP contribution in [0.3, 0.4) is 0 Å². The van der Waals surface area contributed by atoms with E-state index in [1.165, 1.54) is 4.90 Å². The molecule has 1 aromatic rings. The quantitative estimate of drug-likeness (QED) is 0.758. The molecular weight excluding hydrogens is 270 g/mol. The fourth-order valence-electron chi connectivity index (χ4n) is 3.01. The maximum atomic E-state index is 12.8. The second kappa shape index (κ2) is 4.58. The Bertz CT molecular complexity index is 639. The first-order chi connectivity index (χ1) is 9.90. The lowest BCUT2D eigenvalue weighted by molar-refractivity contribution is -0.138. The van der Waals surface area contributed by atoms with E-state index in [1.807, 2.05) is 26.0 Å². The number of hydrogen-bond acceptors (Lipinski definition) is 4. The Morgan fingerprint density at radius 2 is 1.90 bits per heavy atom. The van der Waals surface area contributed by atoms with Gasteiger partial charge in [-0.05, 0) is 32.4 Å². The van der Waals surface area contributed by atoms with Gasteiger partial charge in [-0.25, -0.2) is 0 Å². The summed E-state index contributed by atoms with van der Waals surface area (Å²) in [6, 6.07) is 6.59. The molecule has 0 saturated carbocycles. The molecule has 1 fully saturated rings. The average molecular weight is 287 g/mol. The van der Waals surface area contributed by atoms with Crippen LogP contribution < -0.4 is 10.6 Å². The van der Waals surface area contributed by atoms with Gasteiger partial charge in [-0.15, -0.1) is 0 Å². The van der Waals surface area contributed by atoms with E-state index in [9.17, 15) is 14.4 Å². The number of fused-ring (bicyclic) bond motifs is 1. The summed E-state index contributed by atoms with van der Waals surface area (Å²) in [7, 11) is 0. The molecule has 6 heteroatoms. The lowest BCUT2D eigenvalue weighted by Crippen LogP contribution is -2.65. The summed E-state index contributed by atoms with van der Waals surface area (Å²) in [4.78, 5) is 37.7. The van der Waals surface area contributed by atoms with Crippen molar-refractivity contribution < 1.29 is 14.4 Å². The number of amides is 3. The molecule has 1 atom stereocenters. The van der Waals surface area contributed by atoms with E-state index in [0.29, 0.717) is 12.0 Å². The lowest BCUT2D eigenvalue weighted by Gasteiger charge is -2.48. The topological polar surface area (TPSA) is 78.5 Å². The molecule has 0 aliphatic carbocycles. The van der Waals surface area contributed by atoms with E-state index in [0.717, 1.165) is 5.69 Å². The normalized spacial score (nSPS) is 24.2. The van der Waals surface area contributed by atoms with Gasteiger partial charge in [-0.3, -0.25) is 19.7 Å². The molecule has 21 heavy (non-hydrogen) atoms. The Balaban J connectivity index is 2.00. The minimum Gasteiger partial charge on any atom is -0.362 e. The summed E-state index contributed by atoms with van der Waals surface area (Å²) in [5.74, 6) is -0.885. The number of hydrogen-bond donors (Lipinski definition) is 2. The van der Waals surface area contributed by atoms with Crippen molar-refractivity contribution in [3.8, 4) is 0 Å². The maximum Gasteiger partial charge on any atom is 0.258 e. The highest BCUT2D eigenvalue weighted by Crippen LogP contribution is 2.33. The van der Waals surface area contributed by atoms with Crippen LogP contribution in [0.15, 0.2) is 24.3 Å². The van der Waals surface area contributed by atoms with Crippen molar-refractivity contribution in [3.63, 3.8) is 0 Å². The molecule has 3 rings (SSSR count). The Morgan fingerprint density at radius 3 is 2.62 bits per heavy atom. The Kier molecular flexibility index (Phi) is 2.97. The number of carbonyl (C=O) groups is 3. The van der Waals surface area contributed by atoms with E-state index in [2.05, 4.69) is 10.6 Å². The largest absolute Gasteiger partial charge is 0.362 e. The van der Waals surface area contributed by atoms with Gasteiger partial charge in [0, 0.05) is 12.1 Å². The van der Waals surface area contributed by atoms with Gasteiger partial charge < -0.3 is 10.2 Å². The van der Waals surface area contributed by atoms with Crippen LogP contribution >= 0.6 is 0 Å². The fourth-order valence-corrected chi connectivity index (χ4v) is 3.01. The van der Waals surface area contributed by atoms with Gasteiger partial charge in [-0.2, -0.15) is 0 Å². The predicted octanol–water partition coefficient (Wildman–Crippen LogP) is 1.10. The van der Waals surface area contributed by atoms with Gasteiger partial charge in [0.2, 0.25) is 11.8 Å². The smallest absolute Gasteiger partial charge is 0.258 e. The molecule has 2 aliphatic heterocycles. The van der Waals surface area contributed by atoms with Gasteiger partial charge in [0.1, 0.15) is 11.7 Å². The third-order valence-electron chi connectivity index (χ3n) is 3.94. The second-order valence-electron chi connectivity index (χ2n) is 5.87. The van der Waals surface area contributed by atoms with Crippen LogP contribution in [0.25, 0.3) is 0 Å². The summed E-state index contributed by atoms with van der Waals surface area (Å²) in [5, 5.41) is 5.60. The number of imide groups is 1. The minimum absolute atomic E-state index is 0.191. The van der Waals surface area contributed by atoms with Gasteiger partial charge in [0.05, 0.1) is 5.56 Å². The van der Waals surface area contributed by atoms with Crippen LogP contribution in [0.2, 0.25) is 0 Å². The first-order valence-electron chi connectivity index (χ1n) is 6.95. The molecule has 1 aromatic carbocycles. The van der Waals surface area contributed by atoms with Crippen molar-refractivity contribution in [2.75, 3.05) is 5.32 Å². The third kappa shape index (κ3) is 2.16. The standard InChI is InChI=1S/C15H17N3O3/c1-15(2)17-10-6-4-3-5-9(10)14(21)18(15)11-7-8-12(19)16-13(11)20/h3-6,11,17H,7-8H2,1-2H3,(H,16,19,20). The van der Waals surface area contributed by atoms with Crippen molar-refractivity contribution in [1.29, 1.82) is 0 Å². The van der Waals surface area contributed by atoms with Crippen LogP contribution in [-0.4, -0.2) is 34.3 Å². The molecule has 110 valence electrons. The van der Waals surface area contributed by atoms with Crippen LogP contribution in [0.5, 0.6) is 0 Å². The number of nitrogens with zero attached hydrogens (tertiary/aromatic N) is 1. The van der Waals surface area contributed by atoms with Crippen LogP contribution in [0.1, 0.15) is 37.0 Å². The summed E-state index contributed by atoms with van der Waals surface area (Å²) < 4.78 is 0. The Labute approximate surface area is 122 Å². The summed E-state index contributed by atoms with van der Waals surface area (Å²) >= 11 is 0. The van der Waals surface area contributed by atoms with E-state index in [1.54, 1.807) is 12.1 Å². The van der Waals surface area contributed by atoms with Gasteiger partial charge in [0.15, 0.2) is 0 Å². The van der Waals surface area contributed by atoms with Crippen molar-refractivity contribution in [2.24, 2.45) is 0 Å². The van der Waals surface area contributed by atoms with Crippen LogP contribution in [-0.2, 0) is 9.59 Å². The highest BCUT2D eigenvalue weighted by molar-refractivity contribution is 6.07. The lowest BCUT2D eigenvalue weighted by atomic mass is 9.95. The molecule has 2 heterocycles. The van der Waals surface area contributed by atoms with E-state index < -0.39 is 17.6 Å². The fraction of sp³-hybridized carbons (Fsp3) is 0.400. The number of nitrogens with one attached hydrogen (secondary N) is 2. The summed E-state index contributed by atoms with van der Waals surface area (Å²) in [6.07, 6.45) is 0.599. The molecule has 6 nitrogen and oxygen atoms in total. The van der Waals surface area contributed by atoms with Crippen molar-refractivity contribution in [3.05, 3.63) is 29.8 Å². The molecule has 0 bridgehead atoms. The highest BCUT2D eigenvalue weighted by Gasteiger charge is 2.45. The van der Waals surface area contributed by atoms with E-state index in [4.69, 9.17) is 0 Å².